The van der Waals surface area contributed by atoms with Crippen LogP contribution in [0, 0.1) is 0 Å². The lowest BCUT2D eigenvalue weighted by atomic mass is 10.0. The molecule has 18 heavy (non-hydrogen) atoms. The third kappa shape index (κ3) is 3.12. The second-order valence-electron chi connectivity index (χ2n) is 5.40. The molecule has 1 atom stereocenters. The van der Waals surface area contributed by atoms with Gasteiger partial charge in [-0.05, 0) is 46.2 Å². The molecule has 1 fully saturated rings. The molecular formula is C14H25N3O. The maximum Gasteiger partial charge on any atom is 0.211 e. The van der Waals surface area contributed by atoms with Gasteiger partial charge in [-0.15, -0.1) is 0 Å². The Morgan fingerprint density at radius 3 is 3.06 bits per heavy atom. The Morgan fingerprint density at radius 2 is 2.33 bits per heavy atom. The van der Waals surface area contributed by atoms with Gasteiger partial charge in [-0.25, -0.2) is 4.98 Å². The predicted molar refractivity (Wildman–Crippen MR) is 72.3 cm³/mol. The van der Waals surface area contributed by atoms with Crippen LogP contribution in [0.3, 0.4) is 0 Å². The average Bonchev–Trinajstić information content (AvgIpc) is 2.85. The van der Waals surface area contributed by atoms with E-state index in [9.17, 15) is 0 Å². The molecule has 1 aromatic rings. The summed E-state index contributed by atoms with van der Waals surface area (Å²) in [6.07, 6.45) is 7.46. The van der Waals surface area contributed by atoms with Crippen LogP contribution < -0.4 is 5.73 Å². The minimum Gasteiger partial charge on any atom is -0.444 e. The maximum atomic E-state index is 5.90. The monoisotopic (exact) mass is 251 g/mol. The summed E-state index contributed by atoms with van der Waals surface area (Å²) in [4.78, 5) is 6.98. The molecule has 4 heteroatoms. The molecule has 0 aliphatic carbocycles. The van der Waals surface area contributed by atoms with Crippen molar-refractivity contribution in [1.82, 2.24) is 9.88 Å². The quantitative estimate of drug-likeness (QED) is 0.873. The van der Waals surface area contributed by atoms with E-state index in [-0.39, 0.29) is 0 Å². The van der Waals surface area contributed by atoms with Crippen LogP contribution in [-0.2, 0) is 6.42 Å². The van der Waals surface area contributed by atoms with Gasteiger partial charge in [-0.3, -0.25) is 4.90 Å². The molecule has 1 saturated heterocycles. The maximum absolute atomic E-state index is 5.90. The van der Waals surface area contributed by atoms with Crippen LogP contribution in [0.5, 0.6) is 0 Å². The number of aryl methyl sites for hydroxylation is 1. The van der Waals surface area contributed by atoms with E-state index in [1.165, 1.54) is 12.8 Å². The number of oxazole rings is 1. The van der Waals surface area contributed by atoms with Crippen LogP contribution in [0.2, 0.25) is 0 Å². The van der Waals surface area contributed by atoms with E-state index in [4.69, 9.17) is 10.2 Å². The van der Waals surface area contributed by atoms with E-state index < -0.39 is 0 Å². The third-order valence-corrected chi connectivity index (χ3v) is 3.69. The Hall–Kier alpha value is -0.870. The molecular weight excluding hydrogens is 226 g/mol. The molecule has 1 unspecified atom stereocenters. The molecule has 0 bridgehead atoms. The standard InChI is InChI=1S/C14H25N3O/c1-11(2)17-9-4-3-7-13(17)14-16-10-12(18-14)6-5-8-15/h10-11,13H,3-9,15H2,1-2H3. The van der Waals surface area contributed by atoms with Crippen molar-refractivity contribution >= 4 is 0 Å². The first kappa shape index (κ1) is 13.6. The highest BCUT2D eigenvalue weighted by atomic mass is 16.4. The Bertz CT molecular complexity index is 362. The fourth-order valence-corrected chi connectivity index (χ4v) is 2.71. The Kier molecular flexibility index (Phi) is 4.78. The van der Waals surface area contributed by atoms with Gasteiger partial charge in [0.2, 0.25) is 5.89 Å². The van der Waals surface area contributed by atoms with Crippen LogP contribution in [0.25, 0.3) is 0 Å². The molecule has 4 nitrogen and oxygen atoms in total. The molecule has 1 aliphatic heterocycles. The highest BCUT2D eigenvalue weighted by Crippen LogP contribution is 2.32. The highest BCUT2D eigenvalue weighted by molar-refractivity contribution is 5.00. The Morgan fingerprint density at radius 1 is 1.50 bits per heavy atom. The van der Waals surface area contributed by atoms with E-state index in [2.05, 4.69) is 23.7 Å². The summed E-state index contributed by atoms with van der Waals surface area (Å²) < 4.78 is 5.90. The summed E-state index contributed by atoms with van der Waals surface area (Å²) in [5.41, 5.74) is 5.52. The van der Waals surface area contributed by atoms with Crippen molar-refractivity contribution in [1.29, 1.82) is 0 Å². The largest absolute Gasteiger partial charge is 0.444 e. The summed E-state index contributed by atoms with van der Waals surface area (Å²) in [5.74, 6) is 1.88. The lowest BCUT2D eigenvalue weighted by molar-refractivity contribution is 0.0915. The number of nitrogens with zero attached hydrogens (tertiary/aromatic N) is 2. The molecule has 1 aliphatic rings. The predicted octanol–water partition coefficient (Wildman–Crippen LogP) is 2.50. The van der Waals surface area contributed by atoms with Crippen molar-refractivity contribution in [2.45, 2.75) is 58.0 Å². The number of hydrogen-bond donors (Lipinski definition) is 1. The zero-order chi connectivity index (χ0) is 13.0. The SMILES string of the molecule is CC(C)N1CCCCC1c1ncc(CCCN)o1. The first-order valence-corrected chi connectivity index (χ1v) is 7.12. The molecule has 0 radical (unpaired) electrons. The molecule has 1 aromatic heterocycles. The number of nitrogens with two attached hydrogens (primary N) is 1. The van der Waals surface area contributed by atoms with Crippen molar-refractivity contribution in [3.63, 3.8) is 0 Å². The van der Waals surface area contributed by atoms with Crippen molar-refractivity contribution < 1.29 is 4.42 Å². The summed E-state index contributed by atoms with van der Waals surface area (Å²) in [6, 6.07) is 0.917. The van der Waals surface area contributed by atoms with Crippen LogP contribution in [0.1, 0.15) is 57.2 Å². The molecule has 2 rings (SSSR count). The molecule has 0 saturated carbocycles. The van der Waals surface area contributed by atoms with E-state index in [0.29, 0.717) is 18.6 Å². The van der Waals surface area contributed by atoms with Gasteiger partial charge >= 0.3 is 0 Å². The minimum atomic E-state index is 0.366. The summed E-state index contributed by atoms with van der Waals surface area (Å²) in [6.45, 7) is 6.35. The third-order valence-electron chi connectivity index (χ3n) is 3.69. The zero-order valence-corrected chi connectivity index (χ0v) is 11.6. The van der Waals surface area contributed by atoms with Crippen LogP contribution in [0.4, 0.5) is 0 Å². The van der Waals surface area contributed by atoms with Crippen molar-refractivity contribution in [3.8, 4) is 0 Å². The molecule has 0 amide bonds. The first-order valence-electron chi connectivity index (χ1n) is 7.12. The van der Waals surface area contributed by atoms with E-state index in [1.807, 2.05) is 6.20 Å². The van der Waals surface area contributed by atoms with Gasteiger partial charge in [-0.1, -0.05) is 6.42 Å². The summed E-state index contributed by atoms with van der Waals surface area (Å²) in [5, 5.41) is 0. The zero-order valence-electron chi connectivity index (χ0n) is 11.6. The minimum absolute atomic E-state index is 0.366. The smallest absolute Gasteiger partial charge is 0.211 e. The van der Waals surface area contributed by atoms with Gasteiger partial charge in [0.15, 0.2) is 0 Å². The fraction of sp³-hybridized carbons (Fsp3) is 0.786. The van der Waals surface area contributed by atoms with Gasteiger partial charge in [0.25, 0.3) is 0 Å². The second-order valence-corrected chi connectivity index (χ2v) is 5.40. The highest BCUT2D eigenvalue weighted by Gasteiger charge is 2.29. The lowest BCUT2D eigenvalue weighted by Gasteiger charge is -2.36. The number of aromatic nitrogens is 1. The van der Waals surface area contributed by atoms with Crippen LogP contribution >= 0.6 is 0 Å². The van der Waals surface area contributed by atoms with Gasteiger partial charge in [0, 0.05) is 12.5 Å². The van der Waals surface area contributed by atoms with E-state index >= 15 is 0 Å². The molecule has 2 N–H and O–H groups in total. The molecule has 2 heterocycles. The van der Waals surface area contributed by atoms with Gasteiger partial charge in [0.05, 0.1) is 12.2 Å². The van der Waals surface area contributed by atoms with Crippen LogP contribution in [-0.4, -0.2) is 29.0 Å². The summed E-state index contributed by atoms with van der Waals surface area (Å²) >= 11 is 0. The molecule has 0 spiro atoms. The Labute approximate surface area is 110 Å². The number of hydrogen-bond acceptors (Lipinski definition) is 4. The van der Waals surface area contributed by atoms with E-state index in [1.54, 1.807) is 0 Å². The molecule has 0 aromatic carbocycles. The van der Waals surface area contributed by atoms with Crippen LogP contribution in [0.15, 0.2) is 10.6 Å². The second kappa shape index (κ2) is 6.34. The lowest BCUT2D eigenvalue weighted by Crippen LogP contribution is -2.38. The molecule has 102 valence electrons. The van der Waals surface area contributed by atoms with Crippen molar-refractivity contribution in [3.05, 3.63) is 17.8 Å². The van der Waals surface area contributed by atoms with Gasteiger partial charge in [0.1, 0.15) is 5.76 Å². The summed E-state index contributed by atoms with van der Waals surface area (Å²) in [7, 11) is 0. The first-order chi connectivity index (χ1) is 8.72. The van der Waals surface area contributed by atoms with Gasteiger partial charge in [-0.2, -0.15) is 0 Å². The van der Waals surface area contributed by atoms with Crippen molar-refractivity contribution in [2.24, 2.45) is 5.73 Å². The van der Waals surface area contributed by atoms with Gasteiger partial charge < -0.3 is 10.2 Å². The number of piperidine rings is 1. The number of likely N-dealkylation sites (tertiary alicyclic amines) is 1. The topological polar surface area (TPSA) is 55.3 Å². The van der Waals surface area contributed by atoms with E-state index in [0.717, 1.165) is 37.5 Å². The fourth-order valence-electron chi connectivity index (χ4n) is 2.71. The average molecular weight is 251 g/mol. The van der Waals surface area contributed by atoms with Crippen molar-refractivity contribution in [2.75, 3.05) is 13.1 Å². The Balaban J connectivity index is 2.06. The normalized spacial score (nSPS) is 21.7. The number of rotatable bonds is 5.